The lowest BCUT2D eigenvalue weighted by molar-refractivity contribution is 0.0897. The average Bonchev–Trinajstić information content (AvgIpc) is 2.63. The van der Waals surface area contributed by atoms with Crippen LogP contribution in [-0.4, -0.2) is 11.8 Å². The molecule has 3 aromatic carbocycles. The number of anilines is 1. The summed E-state index contributed by atoms with van der Waals surface area (Å²) in [6, 6.07) is 24.1. The van der Waals surface area contributed by atoms with Crippen LogP contribution in [0.3, 0.4) is 0 Å². The van der Waals surface area contributed by atoms with Crippen molar-refractivity contribution in [3.63, 3.8) is 0 Å². The Labute approximate surface area is 145 Å². The Kier molecular flexibility index (Phi) is 4.73. The maximum Gasteiger partial charge on any atom is 0.265 e. The van der Waals surface area contributed by atoms with E-state index in [0.29, 0.717) is 21.8 Å². The summed E-state index contributed by atoms with van der Waals surface area (Å²) in [7, 11) is 0. The van der Waals surface area contributed by atoms with Crippen LogP contribution in [0.25, 0.3) is 0 Å². The van der Waals surface area contributed by atoms with Gasteiger partial charge in [-0.1, -0.05) is 54.1 Å². The van der Waals surface area contributed by atoms with Crippen LogP contribution in [0, 0.1) is 0 Å². The Morgan fingerprint density at radius 1 is 0.667 bits per heavy atom. The predicted octanol–water partition coefficient (Wildman–Crippen LogP) is 4.83. The van der Waals surface area contributed by atoms with Gasteiger partial charge in [0.1, 0.15) is 0 Å². The first-order valence-electron chi connectivity index (χ1n) is 7.41. The first-order chi connectivity index (χ1) is 11.7. The highest BCUT2D eigenvalue weighted by atomic mass is 35.5. The predicted molar refractivity (Wildman–Crippen MR) is 95.5 cm³/mol. The van der Waals surface area contributed by atoms with Gasteiger partial charge in [-0.05, 0) is 42.5 Å². The van der Waals surface area contributed by atoms with E-state index in [9.17, 15) is 9.59 Å². The Bertz CT molecular complexity index is 812. The van der Waals surface area contributed by atoms with Crippen LogP contribution in [0.15, 0.2) is 84.9 Å². The number of rotatable bonds is 3. The van der Waals surface area contributed by atoms with E-state index in [4.69, 9.17) is 11.6 Å². The molecule has 0 atom stereocenters. The first kappa shape index (κ1) is 16.0. The summed E-state index contributed by atoms with van der Waals surface area (Å²) < 4.78 is 0. The Hall–Kier alpha value is -2.91. The van der Waals surface area contributed by atoms with Gasteiger partial charge in [0.15, 0.2) is 0 Å². The van der Waals surface area contributed by atoms with Crippen LogP contribution in [0.1, 0.15) is 20.7 Å². The highest BCUT2D eigenvalue weighted by molar-refractivity contribution is 6.31. The van der Waals surface area contributed by atoms with Gasteiger partial charge in [0.2, 0.25) is 0 Å². The molecule has 0 saturated carbocycles. The largest absolute Gasteiger partial charge is 0.268 e. The summed E-state index contributed by atoms with van der Waals surface area (Å²) in [6.45, 7) is 0. The average molecular weight is 336 g/mol. The normalized spacial score (nSPS) is 10.2. The number of carbonyl (C=O) groups excluding carboxylic acids is 2. The highest BCUT2D eigenvalue weighted by Crippen LogP contribution is 2.23. The number of halogens is 1. The van der Waals surface area contributed by atoms with E-state index in [-0.39, 0.29) is 0 Å². The molecular weight excluding hydrogens is 322 g/mol. The fourth-order valence-electron chi connectivity index (χ4n) is 2.36. The van der Waals surface area contributed by atoms with E-state index in [1.165, 1.54) is 0 Å². The molecule has 0 saturated heterocycles. The summed E-state index contributed by atoms with van der Waals surface area (Å²) >= 11 is 6.04. The third-order valence-corrected chi connectivity index (χ3v) is 3.75. The lowest BCUT2D eigenvalue weighted by atomic mass is 10.1. The molecular formula is C20H14ClNO2. The van der Waals surface area contributed by atoms with Gasteiger partial charge in [-0.15, -0.1) is 0 Å². The van der Waals surface area contributed by atoms with Crippen molar-refractivity contribution in [1.82, 2.24) is 0 Å². The van der Waals surface area contributed by atoms with Gasteiger partial charge in [0.25, 0.3) is 11.8 Å². The van der Waals surface area contributed by atoms with Crippen molar-refractivity contribution in [2.75, 3.05) is 4.90 Å². The summed E-state index contributed by atoms with van der Waals surface area (Å²) in [6.07, 6.45) is 0. The Morgan fingerprint density at radius 2 is 1.17 bits per heavy atom. The molecule has 0 unspecified atom stereocenters. The van der Waals surface area contributed by atoms with Gasteiger partial charge in [-0.3, -0.25) is 9.59 Å². The van der Waals surface area contributed by atoms with Crippen LogP contribution >= 0.6 is 11.6 Å². The molecule has 118 valence electrons. The summed E-state index contributed by atoms with van der Waals surface area (Å²) in [5.74, 6) is -0.793. The van der Waals surface area contributed by atoms with Crippen LogP contribution in [0.5, 0.6) is 0 Å². The van der Waals surface area contributed by atoms with Gasteiger partial charge in [0.05, 0.1) is 5.69 Å². The quantitative estimate of drug-likeness (QED) is 0.643. The van der Waals surface area contributed by atoms with E-state index in [1.54, 1.807) is 72.8 Å². The SMILES string of the molecule is O=C(c1ccccc1)N(C(=O)c1ccccc1)c1cccc(Cl)c1. The van der Waals surface area contributed by atoms with Crippen molar-refractivity contribution in [1.29, 1.82) is 0 Å². The fraction of sp³-hybridized carbons (Fsp3) is 0. The second-order valence-corrected chi connectivity index (χ2v) is 5.59. The molecule has 0 fully saturated rings. The molecule has 3 rings (SSSR count). The summed E-state index contributed by atoms with van der Waals surface area (Å²) in [5, 5.41) is 0.458. The zero-order valence-corrected chi connectivity index (χ0v) is 13.5. The lowest BCUT2D eigenvalue weighted by Crippen LogP contribution is -2.37. The van der Waals surface area contributed by atoms with Crippen molar-refractivity contribution in [3.05, 3.63) is 101 Å². The fourth-order valence-corrected chi connectivity index (χ4v) is 2.55. The Morgan fingerprint density at radius 3 is 1.62 bits per heavy atom. The number of benzene rings is 3. The topological polar surface area (TPSA) is 37.4 Å². The lowest BCUT2D eigenvalue weighted by Gasteiger charge is -2.21. The van der Waals surface area contributed by atoms with E-state index < -0.39 is 11.8 Å². The number of hydrogen-bond donors (Lipinski definition) is 0. The molecule has 24 heavy (non-hydrogen) atoms. The van der Waals surface area contributed by atoms with Gasteiger partial charge in [-0.25, -0.2) is 4.90 Å². The van der Waals surface area contributed by atoms with E-state index >= 15 is 0 Å². The van der Waals surface area contributed by atoms with Gasteiger partial charge in [0, 0.05) is 16.1 Å². The minimum atomic E-state index is -0.397. The zero-order chi connectivity index (χ0) is 16.9. The maximum absolute atomic E-state index is 12.9. The van der Waals surface area contributed by atoms with Crippen molar-refractivity contribution in [3.8, 4) is 0 Å². The van der Waals surface area contributed by atoms with Gasteiger partial charge >= 0.3 is 0 Å². The molecule has 3 aromatic rings. The van der Waals surface area contributed by atoms with Crippen LogP contribution < -0.4 is 4.90 Å². The number of nitrogens with zero attached hydrogens (tertiary/aromatic N) is 1. The molecule has 3 nitrogen and oxygen atoms in total. The third kappa shape index (κ3) is 3.36. The second-order valence-electron chi connectivity index (χ2n) is 5.16. The summed E-state index contributed by atoms with van der Waals surface area (Å²) in [5.41, 5.74) is 1.30. The van der Waals surface area contributed by atoms with E-state index in [2.05, 4.69) is 0 Å². The van der Waals surface area contributed by atoms with Crippen molar-refractivity contribution >= 4 is 29.1 Å². The number of hydrogen-bond acceptors (Lipinski definition) is 2. The molecule has 0 heterocycles. The smallest absolute Gasteiger partial charge is 0.265 e. The standard InChI is InChI=1S/C20H14ClNO2/c21-17-12-7-13-18(14-17)22(19(23)15-8-3-1-4-9-15)20(24)16-10-5-2-6-11-16/h1-14H. The molecule has 0 radical (unpaired) electrons. The maximum atomic E-state index is 12.9. The molecule has 2 amide bonds. The van der Waals surface area contributed by atoms with Gasteiger partial charge in [-0.2, -0.15) is 0 Å². The number of amides is 2. The van der Waals surface area contributed by atoms with Crippen molar-refractivity contribution < 1.29 is 9.59 Å². The molecule has 0 aliphatic heterocycles. The second kappa shape index (κ2) is 7.11. The number of carbonyl (C=O) groups is 2. The third-order valence-electron chi connectivity index (χ3n) is 3.51. The van der Waals surface area contributed by atoms with Crippen LogP contribution in [-0.2, 0) is 0 Å². The number of imide groups is 1. The summed E-state index contributed by atoms with van der Waals surface area (Å²) in [4.78, 5) is 27.0. The zero-order valence-electron chi connectivity index (χ0n) is 12.7. The molecule has 0 spiro atoms. The molecule has 0 bridgehead atoms. The molecule has 0 N–H and O–H groups in total. The van der Waals surface area contributed by atoms with Crippen molar-refractivity contribution in [2.24, 2.45) is 0 Å². The van der Waals surface area contributed by atoms with E-state index in [1.807, 2.05) is 12.1 Å². The molecule has 0 aliphatic rings. The van der Waals surface area contributed by atoms with E-state index in [0.717, 1.165) is 4.90 Å². The monoisotopic (exact) mass is 335 g/mol. The molecule has 0 aliphatic carbocycles. The van der Waals surface area contributed by atoms with Crippen LogP contribution in [0.4, 0.5) is 5.69 Å². The minimum Gasteiger partial charge on any atom is -0.268 e. The highest BCUT2D eigenvalue weighted by Gasteiger charge is 2.25. The first-order valence-corrected chi connectivity index (χ1v) is 7.79. The minimum absolute atomic E-state index is 0.397. The van der Waals surface area contributed by atoms with Gasteiger partial charge < -0.3 is 0 Å². The van der Waals surface area contributed by atoms with Crippen LogP contribution in [0.2, 0.25) is 5.02 Å². The van der Waals surface area contributed by atoms with Crippen molar-refractivity contribution in [2.45, 2.75) is 0 Å². The molecule has 4 heteroatoms. The Balaban J connectivity index is 2.08. The molecule has 0 aromatic heterocycles.